The van der Waals surface area contributed by atoms with Gasteiger partial charge in [0.1, 0.15) is 0 Å². The molecule has 0 spiro atoms. The first-order valence-electron chi connectivity index (χ1n) is 5.17. The largest absolute Gasteiger partial charge is 0.380 e. The molecule has 4 nitrogen and oxygen atoms in total. The fourth-order valence-electron chi connectivity index (χ4n) is 1.37. The van der Waals surface area contributed by atoms with Crippen molar-refractivity contribution in [2.75, 3.05) is 0 Å². The van der Waals surface area contributed by atoms with Gasteiger partial charge in [-0.3, -0.25) is 4.57 Å². The van der Waals surface area contributed by atoms with Gasteiger partial charge >= 0.3 is 7.60 Å². The lowest BCUT2D eigenvalue weighted by atomic mass is 9.96. The molecule has 0 aromatic heterocycles. The summed E-state index contributed by atoms with van der Waals surface area (Å²) in [6, 6.07) is 0. The second-order valence-electron chi connectivity index (χ2n) is 3.82. The first-order chi connectivity index (χ1) is 6.75. The Morgan fingerprint density at radius 1 is 1.33 bits per heavy atom. The van der Waals surface area contributed by atoms with Crippen molar-refractivity contribution in [1.82, 2.24) is 0 Å². The van der Waals surface area contributed by atoms with Crippen LogP contribution in [-0.2, 0) is 4.57 Å². The molecule has 1 atom stereocenters. The van der Waals surface area contributed by atoms with E-state index in [9.17, 15) is 4.57 Å². The van der Waals surface area contributed by atoms with Crippen LogP contribution in [0.4, 0.5) is 0 Å². The number of aliphatic hydroxyl groups excluding tert-OH is 1. The Bertz CT molecular complexity index is 224. The average Bonchev–Trinajstić information content (AvgIpc) is 2.16. The van der Waals surface area contributed by atoms with E-state index >= 15 is 0 Å². The van der Waals surface area contributed by atoms with E-state index in [1.54, 1.807) is 0 Å². The highest BCUT2D eigenvalue weighted by molar-refractivity contribution is 9.10. The fraction of sp³-hybridized carbons (Fsp3) is 1.00. The average molecular weight is 303 g/mol. The van der Waals surface area contributed by atoms with Gasteiger partial charge in [0.2, 0.25) is 0 Å². The molecule has 0 saturated heterocycles. The standard InChI is InChI=1S/C9H20BrO4P/c1-3-9(10,4-2)7-5-6-8(11)15(12,13)14/h8,11H,3-7H2,1-2H3,(H2,12,13,14). The third-order valence-electron chi connectivity index (χ3n) is 2.74. The molecule has 0 rings (SSSR count). The van der Waals surface area contributed by atoms with Crippen LogP contribution in [0.2, 0.25) is 0 Å². The Morgan fingerprint density at radius 3 is 2.13 bits per heavy atom. The Kier molecular flexibility index (Phi) is 6.61. The summed E-state index contributed by atoms with van der Waals surface area (Å²) in [5, 5.41) is 9.15. The van der Waals surface area contributed by atoms with Gasteiger partial charge in [-0.1, -0.05) is 29.8 Å². The second kappa shape index (κ2) is 6.36. The smallest absolute Gasteiger partial charge is 0.353 e. The zero-order valence-corrected chi connectivity index (χ0v) is 11.7. The first-order valence-corrected chi connectivity index (χ1v) is 7.65. The van der Waals surface area contributed by atoms with Crippen LogP contribution in [0.3, 0.4) is 0 Å². The summed E-state index contributed by atoms with van der Waals surface area (Å²) >= 11 is 3.61. The molecular weight excluding hydrogens is 283 g/mol. The quantitative estimate of drug-likeness (QED) is 0.499. The highest BCUT2D eigenvalue weighted by atomic mass is 79.9. The third kappa shape index (κ3) is 6.03. The maximum absolute atomic E-state index is 10.7. The van der Waals surface area contributed by atoms with Crippen molar-refractivity contribution in [1.29, 1.82) is 0 Å². The predicted molar refractivity (Wildman–Crippen MR) is 64.1 cm³/mol. The van der Waals surface area contributed by atoms with Crippen molar-refractivity contribution in [3.63, 3.8) is 0 Å². The molecule has 0 aromatic carbocycles. The molecule has 0 bridgehead atoms. The maximum atomic E-state index is 10.7. The zero-order valence-electron chi connectivity index (χ0n) is 9.19. The van der Waals surface area contributed by atoms with Crippen LogP contribution in [0, 0.1) is 0 Å². The molecule has 6 heteroatoms. The van der Waals surface area contributed by atoms with Crippen LogP contribution >= 0.6 is 23.5 Å². The van der Waals surface area contributed by atoms with Crippen LogP contribution in [0.5, 0.6) is 0 Å². The molecule has 15 heavy (non-hydrogen) atoms. The van der Waals surface area contributed by atoms with Crippen molar-refractivity contribution in [2.45, 2.75) is 56.1 Å². The number of halogens is 1. The van der Waals surface area contributed by atoms with Gasteiger partial charge in [-0.05, 0) is 32.1 Å². The molecule has 0 radical (unpaired) electrons. The van der Waals surface area contributed by atoms with Crippen LogP contribution in [0.1, 0.15) is 46.0 Å². The van der Waals surface area contributed by atoms with Gasteiger partial charge in [-0.25, -0.2) is 0 Å². The molecule has 0 heterocycles. The van der Waals surface area contributed by atoms with Gasteiger partial charge in [0, 0.05) is 4.32 Å². The van der Waals surface area contributed by atoms with Gasteiger partial charge < -0.3 is 14.9 Å². The van der Waals surface area contributed by atoms with Crippen LogP contribution in [-0.4, -0.2) is 25.1 Å². The van der Waals surface area contributed by atoms with Crippen LogP contribution < -0.4 is 0 Å². The Hall–Kier alpha value is 0.590. The molecule has 92 valence electrons. The Labute approximate surface area is 99.4 Å². The van der Waals surface area contributed by atoms with E-state index in [4.69, 9.17) is 14.9 Å². The molecule has 0 aliphatic heterocycles. The van der Waals surface area contributed by atoms with E-state index in [2.05, 4.69) is 29.8 Å². The van der Waals surface area contributed by atoms with Crippen molar-refractivity contribution >= 4 is 23.5 Å². The molecular formula is C9H20BrO4P. The highest BCUT2D eigenvalue weighted by Gasteiger charge is 2.27. The van der Waals surface area contributed by atoms with E-state index in [0.29, 0.717) is 6.42 Å². The van der Waals surface area contributed by atoms with Gasteiger partial charge in [0.05, 0.1) is 0 Å². The molecule has 0 fully saturated rings. The molecule has 0 aliphatic rings. The molecule has 1 unspecified atom stereocenters. The van der Waals surface area contributed by atoms with Crippen molar-refractivity contribution in [2.24, 2.45) is 0 Å². The van der Waals surface area contributed by atoms with Crippen LogP contribution in [0.15, 0.2) is 0 Å². The summed E-state index contributed by atoms with van der Waals surface area (Å²) in [7, 11) is -4.32. The molecule has 0 aromatic rings. The number of alkyl halides is 1. The van der Waals surface area contributed by atoms with Gasteiger partial charge in [-0.15, -0.1) is 0 Å². The summed E-state index contributed by atoms with van der Waals surface area (Å²) in [6.07, 6.45) is 3.51. The topological polar surface area (TPSA) is 77.8 Å². The number of hydrogen-bond acceptors (Lipinski definition) is 2. The summed E-state index contributed by atoms with van der Waals surface area (Å²) < 4.78 is 10.7. The zero-order chi connectivity index (χ0) is 12.1. The first kappa shape index (κ1) is 15.6. The van der Waals surface area contributed by atoms with Gasteiger partial charge in [0.25, 0.3) is 0 Å². The summed E-state index contributed by atoms with van der Waals surface area (Å²) in [4.78, 5) is 17.4. The van der Waals surface area contributed by atoms with E-state index in [0.717, 1.165) is 19.3 Å². The number of rotatable bonds is 7. The number of aliphatic hydroxyl groups is 1. The normalized spacial score (nSPS) is 15.3. The van der Waals surface area contributed by atoms with Crippen molar-refractivity contribution in [3.8, 4) is 0 Å². The monoisotopic (exact) mass is 302 g/mol. The highest BCUT2D eigenvalue weighted by Crippen LogP contribution is 2.42. The molecule has 0 aliphatic carbocycles. The number of hydrogen-bond donors (Lipinski definition) is 3. The van der Waals surface area contributed by atoms with Gasteiger partial charge in [-0.2, -0.15) is 0 Å². The van der Waals surface area contributed by atoms with E-state index < -0.39 is 13.4 Å². The predicted octanol–water partition coefficient (Wildman–Crippen LogP) is 2.61. The lowest BCUT2D eigenvalue weighted by Crippen LogP contribution is -2.19. The Morgan fingerprint density at radius 2 is 1.80 bits per heavy atom. The summed E-state index contributed by atoms with van der Waals surface area (Å²) in [5.41, 5.74) is 0. The fourth-order valence-corrected chi connectivity index (χ4v) is 2.17. The minimum Gasteiger partial charge on any atom is -0.380 e. The van der Waals surface area contributed by atoms with Crippen LogP contribution in [0.25, 0.3) is 0 Å². The maximum Gasteiger partial charge on any atom is 0.353 e. The Balaban J connectivity index is 3.94. The van der Waals surface area contributed by atoms with Crippen molar-refractivity contribution in [3.05, 3.63) is 0 Å². The third-order valence-corrected chi connectivity index (χ3v) is 5.30. The van der Waals surface area contributed by atoms with Gasteiger partial charge in [0.15, 0.2) is 5.85 Å². The van der Waals surface area contributed by atoms with E-state index in [-0.39, 0.29) is 10.7 Å². The van der Waals surface area contributed by atoms with Crippen molar-refractivity contribution < 1.29 is 19.5 Å². The molecule has 0 amide bonds. The molecule has 0 saturated carbocycles. The second-order valence-corrected chi connectivity index (χ2v) is 7.28. The molecule has 3 N–H and O–H groups in total. The lowest BCUT2D eigenvalue weighted by molar-refractivity contribution is 0.189. The summed E-state index contributed by atoms with van der Waals surface area (Å²) in [6.45, 7) is 4.13. The lowest BCUT2D eigenvalue weighted by Gasteiger charge is -2.24. The minimum absolute atomic E-state index is 0.0433. The minimum atomic E-state index is -4.32. The van der Waals surface area contributed by atoms with E-state index in [1.165, 1.54) is 0 Å². The summed E-state index contributed by atoms with van der Waals surface area (Å²) in [5.74, 6) is -1.51. The SMILES string of the molecule is CCC(Br)(CC)CCCC(O)P(=O)(O)O. The van der Waals surface area contributed by atoms with E-state index in [1.807, 2.05) is 0 Å².